The van der Waals surface area contributed by atoms with Crippen LogP contribution in [-0.2, 0) is 5.54 Å². The largest absolute Gasteiger partial charge is 0.339 e. The number of aromatic nitrogens is 3. The number of pyridine rings is 1. The molecular weight excluding hydrogens is 276 g/mol. The zero-order valence-corrected chi connectivity index (χ0v) is 13.4. The second kappa shape index (κ2) is 5.55. The number of hydrogen-bond donors (Lipinski definition) is 0. The summed E-state index contributed by atoms with van der Waals surface area (Å²) >= 11 is 0. The number of hydrogen-bond acceptors (Lipinski definition) is 3. The number of likely N-dealkylation sites (tertiary alicyclic amines) is 1. The molecule has 3 rings (SSSR count). The van der Waals surface area contributed by atoms with Crippen molar-refractivity contribution in [2.45, 2.75) is 39.2 Å². The highest BCUT2D eigenvalue weighted by molar-refractivity contribution is 5.94. The van der Waals surface area contributed by atoms with Gasteiger partial charge in [0.05, 0.1) is 23.0 Å². The van der Waals surface area contributed by atoms with E-state index in [0.29, 0.717) is 5.56 Å². The number of carbonyl (C=O) groups excluding carboxylic acids is 1. The summed E-state index contributed by atoms with van der Waals surface area (Å²) in [6, 6.07) is 3.75. The van der Waals surface area contributed by atoms with Gasteiger partial charge in [-0.15, -0.1) is 0 Å². The first-order valence-corrected chi connectivity index (χ1v) is 7.76. The van der Waals surface area contributed by atoms with Crippen molar-refractivity contribution in [2.75, 3.05) is 13.1 Å². The molecule has 2 aromatic rings. The fraction of sp³-hybridized carbons (Fsp3) is 0.471. The smallest absolute Gasteiger partial charge is 0.255 e. The Balaban J connectivity index is 1.79. The molecule has 5 nitrogen and oxygen atoms in total. The monoisotopic (exact) mass is 298 g/mol. The van der Waals surface area contributed by atoms with Crippen molar-refractivity contribution in [3.63, 3.8) is 0 Å². The normalized spacial score (nSPS) is 15.3. The van der Waals surface area contributed by atoms with Gasteiger partial charge < -0.3 is 4.90 Å². The quantitative estimate of drug-likeness (QED) is 0.856. The minimum atomic E-state index is -0.0517. The topological polar surface area (TPSA) is 51.0 Å². The van der Waals surface area contributed by atoms with Crippen LogP contribution in [0, 0.1) is 0 Å². The highest BCUT2D eigenvalue weighted by Gasteiger charge is 2.20. The van der Waals surface area contributed by atoms with E-state index in [0.717, 1.165) is 37.2 Å². The minimum Gasteiger partial charge on any atom is -0.339 e. The molecule has 0 atom stereocenters. The van der Waals surface area contributed by atoms with E-state index in [1.54, 1.807) is 6.20 Å². The molecule has 1 saturated heterocycles. The van der Waals surface area contributed by atoms with Gasteiger partial charge in [0.1, 0.15) is 0 Å². The van der Waals surface area contributed by atoms with Crippen molar-refractivity contribution >= 4 is 5.91 Å². The highest BCUT2D eigenvalue weighted by atomic mass is 16.2. The Morgan fingerprint density at radius 1 is 1.14 bits per heavy atom. The molecule has 22 heavy (non-hydrogen) atoms. The Morgan fingerprint density at radius 3 is 2.41 bits per heavy atom. The Bertz CT molecular complexity index is 661. The lowest BCUT2D eigenvalue weighted by molar-refractivity contribution is 0.0792. The molecule has 3 heterocycles. The van der Waals surface area contributed by atoms with Gasteiger partial charge in [0, 0.05) is 31.0 Å². The third-order valence-corrected chi connectivity index (χ3v) is 3.97. The van der Waals surface area contributed by atoms with E-state index in [2.05, 4.69) is 30.9 Å². The molecule has 0 aromatic carbocycles. The summed E-state index contributed by atoms with van der Waals surface area (Å²) in [6.07, 6.45) is 7.68. The number of carbonyl (C=O) groups is 1. The van der Waals surface area contributed by atoms with Gasteiger partial charge in [-0.3, -0.25) is 14.5 Å². The van der Waals surface area contributed by atoms with Crippen LogP contribution in [-0.4, -0.2) is 38.7 Å². The second-order valence-corrected chi connectivity index (χ2v) is 6.78. The summed E-state index contributed by atoms with van der Waals surface area (Å²) in [5, 5.41) is 4.39. The molecule has 1 amide bonds. The van der Waals surface area contributed by atoms with E-state index in [1.807, 2.05) is 34.1 Å². The maximum absolute atomic E-state index is 12.3. The molecule has 0 saturated carbocycles. The first kappa shape index (κ1) is 14.8. The van der Waals surface area contributed by atoms with Crippen LogP contribution in [0.4, 0.5) is 0 Å². The standard InChI is InChI=1S/C17H22N4O/c1-17(2,3)21-12-14(11-19-21)15-7-6-13(10-18-15)16(22)20-8-4-5-9-20/h6-7,10-12H,4-5,8-9H2,1-3H3. The molecule has 5 heteroatoms. The highest BCUT2D eigenvalue weighted by Crippen LogP contribution is 2.21. The molecule has 1 aliphatic heterocycles. The predicted octanol–water partition coefficient (Wildman–Crippen LogP) is 2.94. The van der Waals surface area contributed by atoms with Gasteiger partial charge in [-0.1, -0.05) is 0 Å². The predicted molar refractivity (Wildman–Crippen MR) is 85.6 cm³/mol. The Hall–Kier alpha value is -2.17. The molecule has 1 aliphatic rings. The molecular formula is C17H22N4O. The second-order valence-electron chi connectivity index (χ2n) is 6.78. The lowest BCUT2D eigenvalue weighted by atomic mass is 10.1. The van der Waals surface area contributed by atoms with E-state index >= 15 is 0 Å². The van der Waals surface area contributed by atoms with Gasteiger partial charge in [0.15, 0.2) is 0 Å². The molecule has 2 aromatic heterocycles. The summed E-state index contributed by atoms with van der Waals surface area (Å²) < 4.78 is 1.92. The van der Waals surface area contributed by atoms with Crippen molar-refractivity contribution in [2.24, 2.45) is 0 Å². The zero-order valence-electron chi connectivity index (χ0n) is 13.4. The molecule has 0 aliphatic carbocycles. The maximum atomic E-state index is 12.3. The van der Waals surface area contributed by atoms with Crippen LogP contribution in [0.3, 0.4) is 0 Å². The van der Waals surface area contributed by atoms with E-state index < -0.39 is 0 Å². The van der Waals surface area contributed by atoms with Gasteiger partial charge in [0.2, 0.25) is 0 Å². The van der Waals surface area contributed by atoms with E-state index in [4.69, 9.17) is 0 Å². The Labute approximate surface area is 131 Å². The van der Waals surface area contributed by atoms with Gasteiger partial charge in [-0.25, -0.2) is 0 Å². The number of nitrogens with zero attached hydrogens (tertiary/aromatic N) is 4. The van der Waals surface area contributed by atoms with Crippen LogP contribution in [0.2, 0.25) is 0 Å². The molecule has 0 unspecified atom stereocenters. The molecule has 116 valence electrons. The fourth-order valence-corrected chi connectivity index (χ4v) is 2.62. The van der Waals surface area contributed by atoms with Crippen LogP contribution in [0.1, 0.15) is 44.0 Å². The van der Waals surface area contributed by atoms with Crippen LogP contribution >= 0.6 is 0 Å². The molecule has 1 fully saturated rings. The fourth-order valence-electron chi connectivity index (χ4n) is 2.62. The van der Waals surface area contributed by atoms with E-state index in [-0.39, 0.29) is 11.4 Å². The Morgan fingerprint density at radius 2 is 1.86 bits per heavy atom. The average molecular weight is 298 g/mol. The van der Waals surface area contributed by atoms with E-state index in [1.165, 1.54) is 0 Å². The summed E-state index contributed by atoms with van der Waals surface area (Å²) in [5.41, 5.74) is 2.42. The van der Waals surface area contributed by atoms with Gasteiger partial charge >= 0.3 is 0 Å². The van der Waals surface area contributed by atoms with Crippen LogP contribution < -0.4 is 0 Å². The van der Waals surface area contributed by atoms with Crippen molar-refractivity contribution in [1.29, 1.82) is 0 Å². The lowest BCUT2D eigenvalue weighted by Crippen LogP contribution is -2.27. The summed E-state index contributed by atoms with van der Waals surface area (Å²) in [5.74, 6) is 0.0851. The van der Waals surface area contributed by atoms with Crippen molar-refractivity contribution in [1.82, 2.24) is 19.7 Å². The number of rotatable bonds is 2. The summed E-state index contributed by atoms with van der Waals surface area (Å²) in [4.78, 5) is 18.6. The SMILES string of the molecule is CC(C)(C)n1cc(-c2ccc(C(=O)N3CCCC3)cn2)cn1. The third kappa shape index (κ3) is 2.89. The van der Waals surface area contributed by atoms with Crippen LogP contribution in [0.15, 0.2) is 30.7 Å². The van der Waals surface area contributed by atoms with Crippen molar-refractivity contribution < 1.29 is 4.79 Å². The number of amides is 1. The van der Waals surface area contributed by atoms with Gasteiger partial charge in [-0.2, -0.15) is 5.10 Å². The first-order valence-electron chi connectivity index (χ1n) is 7.76. The third-order valence-electron chi connectivity index (χ3n) is 3.97. The molecule has 0 radical (unpaired) electrons. The molecule has 0 N–H and O–H groups in total. The van der Waals surface area contributed by atoms with Gasteiger partial charge in [0.25, 0.3) is 5.91 Å². The minimum absolute atomic E-state index is 0.0517. The molecule has 0 bridgehead atoms. The van der Waals surface area contributed by atoms with Crippen molar-refractivity contribution in [3.8, 4) is 11.3 Å². The summed E-state index contributed by atoms with van der Waals surface area (Å²) in [7, 11) is 0. The first-order chi connectivity index (χ1) is 10.4. The Kier molecular flexibility index (Phi) is 3.72. The average Bonchev–Trinajstić information content (AvgIpc) is 3.17. The van der Waals surface area contributed by atoms with Crippen LogP contribution in [0.25, 0.3) is 11.3 Å². The molecule has 0 spiro atoms. The maximum Gasteiger partial charge on any atom is 0.255 e. The lowest BCUT2D eigenvalue weighted by Gasteiger charge is -2.18. The van der Waals surface area contributed by atoms with Gasteiger partial charge in [-0.05, 0) is 45.7 Å². The summed E-state index contributed by atoms with van der Waals surface area (Å²) in [6.45, 7) is 8.04. The van der Waals surface area contributed by atoms with E-state index in [9.17, 15) is 4.79 Å². The van der Waals surface area contributed by atoms with Crippen LogP contribution in [0.5, 0.6) is 0 Å². The van der Waals surface area contributed by atoms with Crippen molar-refractivity contribution in [3.05, 3.63) is 36.3 Å². The zero-order chi connectivity index (χ0) is 15.7.